The standard InChI is InChI=1S/C17H10Cl2F3NO3/c18-10-5-6-11(19)14-13(10)16(26,15(25)23-14)7-12(24)8-1-3-9(4-2-8)17(20,21)22/h1-6,26H,7H2,(H,23,25). The molecular weight excluding hydrogens is 394 g/mol. The quantitative estimate of drug-likeness (QED) is 0.745. The van der Waals surface area contributed by atoms with E-state index in [1.54, 1.807) is 0 Å². The van der Waals surface area contributed by atoms with Crippen molar-refractivity contribution < 1.29 is 27.9 Å². The number of halogens is 5. The van der Waals surface area contributed by atoms with E-state index in [2.05, 4.69) is 5.32 Å². The molecule has 0 spiro atoms. The lowest BCUT2D eigenvalue weighted by atomic mass is 9.88. The Hall–Kier alpha value is -2.09. The van der Waals surface area contributed by atoms with Gasteiger partial charge in [-0.3, -0.25) is 9.59 Å². The number of rotatable bonds is 3. The van der Waals surface area contributed by atoms with E-state index in [0.29, 0.717) is 0 Å². The maximum absolute atomic E-state index is 12.6. The Kier molecular flexibility index (Phi) is 4.50. The van der Waals surface area contributed by atoms with E-state index in [1.165, 1.54) is 12.1 Å². The number of carbonyl (C=O) groups is 2. The second-order valence-corrected chi connectivity index (χ2v) is 6.58. The van der Waals surface area contributed by atoms with Gasteiger partial charge in [-0.2, -0.15) is 13.2 Å². The molecule has 0 saturated carbocycles. The molecule has 1 atom stereocenters. The van der Waals surface area contributed by atoms with E-state index in [9.17, 15) is 27.9 Å². The van der Waals surface area contributed by atoms with Crippen molar-refractivity contribution in [3.63, 3.8) is 0 Å². The minimum atomic E-state index is -4.53. The predicted octanol–water partition coefficient (Wildman–Crippen LogP) is 4.42. The number of Topliss-reactive ketones (excluding diaryl/α,β-unsaturated/α-hetero) is 1. The molecule has 0 aliphatic carbocycles. The van der Waals surface area contributed by atoms with Crippen molar-refractivity contribution in [3.8, 4) is 0 Å². The van der Waals surface area contributed by atoms with Gasteiger partial charge in [-0.1, -0.05) is 35.3 Å². The molecular formula is C17H10Cl2F3NO3. The highest BCUT2D eigenvalue weighted by atomic mass is 35.5. The van der Waals surface area contributed by atoms with Crippen molar-refractivity contribution >= 4 is 40.6 Å². The summed E-state index contributed by atoms with van der Waals surface area (Å²) in [6, 6.07) is 6.28. The van der Waals surface area contributed by atoms with Crippen LogP contribution in [0.3, 0.4) is 0 Å². The van der Waals surface area contributed by atoms with Crippen LogP contribution in [0.2, 0.25) is 10.0 Å². The molecule has 0 radical (unpaired) electrons. The van der Waals surface area contributed by atoms with E-state index in [-0.39, 0.29) is 26.9 Å². The molecule has 1 unspecified atom stereocenters. The molecule has 1 aliphatic rings. The van der Waals surface area contributed by atoms with Gasteiger partial charge in [0.25, 0.3) is 5.91 Å². The van der Waals surface area contributed by atoms with Gasteiger partial charge in [-0.05, 0) is 24.3 Å². The fourth-order valence-corrected chi connectivity index (χ4v) is 3.28. The van der Waals surface area contributed by atoms with E-state index >= 15 is 0 Å². The predicted molar refractivity (Wildman–Crippen MR) is 89.4 cm³/mol. The van der Waals surface area contributed by atoms with Crippen molar-refractivity contribution in [2.75, 3.05) is 5.32 Å². The number of alkyl halides is 3. The SMILES string of the molecule is O=C(CC1(O)C(=O)Nc2c(Cl)ccc(Cl)c21)c1ccc(C(F)(F)F)cc1. The van der Waals surface area contributed by atoms with Crippen LogP contribution in [0.4, 0.5) is 18.9 Å². The fraction of sp³-hybridized carbons (Fsp3) is 0.176. The minimum Gasteiger partial charge on any atom is -0.375 e. The average molecular weight is 404 g/mol. The number of fused-ring (bicyclic) bond motifs is 1. The number of aliphatic hydroxyl groups is 1. The number of hydrogen-bond donors (Lipinski definition) is 2. The maximum atomic E-state index is 12.6. The smallest absolute Gasteiger partial charge is 0.375 e. The molecule has 4 nitrogen and oxygen atoms in total. The summed E-state index contributed by atoms with van der Waals surface area (Å²) < 4.78 is 37.8. The number of nitrogens with one attached hydrogen (secondary N) is 1. The lowest BCUT2D eigenvalue weighted by Crippen LogP contribution is -2.36. The Balaban J connectivity index is 1.93. The van der Waals surface area contributed by atoms with Crippen molar-refractivity contribution in [2.45, 2.75) is 18.2 Å². The van der Waals surface area contributed by atoms with Crippen molar-refractivity contribution in [3.05, 3.63) is 63.1 Å². The largest absolute Gasteiger partial charge is 0.416 e. The summed E-state index contributed by atoms with van der Waals surface area (Å²) in [6.45, 7) is 0. The van der Waals surface area contributed by atoms with Crippen LogP contribution in [0.5, 0.6) is 0 Å². The summed E-state index contributed by atoms with van der Waals surface area (Å²) in [6.07, 6.45) is -5.23. The van der Waals surface area contributed by atoms with Crippen LogP contribution in [-0.4, -0.2) is 16.8 Å². The molecule has 2 aromatic carbocycles. The van der Waals surface area contributed by atoms with Gasteiger partial charge in [0.15, 0.2) is 11.4 Å². The van der Waals surface area contributed by atoms with Gasteiger partial charge < -0.3 is 10.4 Å². The molecule has 1 heterocycles. The van der Waals surface area contributed by atoms with Crippen LogP contribution in [0.25, 0.3) is 0 Å². The first-order valence-corrected chi connectivity index (χ1v) is 8.02. The molecule has 3 rings (SSSR count). The Morgan fingerprint density at radius 3 is 2.23 bits per heavy atom. The topological polar surface area (TPSA) is 66.4 Å². The number of carbonyl (C=O) groups excluding carboxylic acids is 2. The van der Waals surface area contributed by atoms with Gasteiger partial charge >= 0.3 is 6.18 Å². The molecule has 0 saturated heterocycles. The number of anilines is 1. The second-order valence-electron chi connectivity index (χ2n) is 5.77. The van der Waals surface area contributed by atoms with Crippen LogP contribution in [-0.2, 0) is 16.6 Å². The Bertz CT molecular complexity index is 913. The molecule has 0 fully saturated rings. The normalized spacial score (nSPS) is 19.2. The third-order valence-corrected chi connectivity index (χ3v) is 4.71. The maximum Gasteiger partial charge on any atom is 0.416 e. The van der Waals surface area contributed by atoms with Gasteiger partial charge in [-0.15, -0.1) is 0 Å². The molecule has 136 valence electrons. The van der Waals surface area contributed by atoms with Gasteiger partial charge in [0.05, 0.1) is 22.7 Å². The molecule has 26 heavy (non-hydrogen) atoms. The second kappa shape index (κ2) is 6.26. The Morgan fingerprint density at radius 2 is 1.65 bits per heavy atom. The van der Waals surface area contributed by atoms with Gasteiger partial charge in [0, 0.05) is 16.1 Å². The first-order chi connectivity index (χ1) is 12.0. The summed E-state index contributed by atoms with van der Waals surface area (Å²) in [5.41, 5.74) is -3.18. The first-order valence-electron chi connectivity index (χ1n) is 7.27. The monoisotopic (exact) mass is 403 g/mol. The van der Waals surface area contributed by atoms with E-state index in [4.69, 9.17) is 23.2 Å². The van der Waals surface area contributed by atoms with Crippen LogP contribution in [0, 0.1) is 0 Å². The molecule has 1 aliphatic heterocycles. The highest BCUT2D eigenvalue weighted by molar-refractivity contribution is 6.38. The van der Waals surface area contributed by atoms with E-state index in [0.717, 1.165) is 24.3 Å². The summed E-state index contributed by atoms with van der Waals surface area (Å²) in [4.78, 5) is 24.7. The number of benzene rings is 2. The molecule has 1 amide bonds. The van der Waals surface area contributed by atoms with Gasteiger partial charge in [-0.25, -0.2) is 0 Å². The van der Waals surface area contributed by atoms with Gasteiger partial charge in [0.2, 0.25) is 0 Å². The van der Waals surface area contributed by atoms with Crippen LogP contribution in [0.15, 0.2) is 36.4 Å². The summed E-state index contributed by atoms with van der Waals surface area (Å²) >= 11 is 12.0. The number of hydrogen-bond acceptors (Lipinski definition) is 3. The summed E-state index contributed by atoms with van der Waals surface area (Å²) in [7, 11) is 0. The van der Waals surface area contributed by atoms with E-state index in [1.807, 2.05) is 0 Å². The first kappa shape index (κ1) is 18.7. The van der Waals surface area contributed by atoms with Crippen molar-refractivity contribution in [2.24, 2.45) is 0 Å². The van der Waals surface area contributed by atoms with Crippen LogP contribution < -0.4 is 5.32 Å². The Morgan fingerprint density at radius 1 is 1.08 bits per heavy atom. The molecule has 2 N–H and O–H groups in total. The molecule has 0 aromatic heterocycles. The summed E-state index contributed by atoms with van der Waals surface area (Å²) in [5.74, 6) is -1.61. The van der Waals surface area contributed by atoms with Crippen molar-refractivity contribution in [1.29, 1.82) is 0 Å². The van der Waals surface area contributed by atoms with Crippen LogP contribution >= 0.6 is 23.2 Å². The van der Waals surface area contributed by atoms with Gasteiger partial charge in [0.1, 0.15) is 0 Å². The number of amides is 1. The summed E-state index contributed by atoms with van der Waals surface area (Å²) in [5, 5.41) is 13.3. The highest BCUT2D eigenvalue weighted by Crippen LogP contribution is 2.46. The third kappa shape index (κ3) is 3.06. The third-order valence-electron chi connectivity index (χ3n) is 4.08. The number of ketones is 1. The van der Waals surface area contributed by atoms with E-state index < -0.39 is 35.5 Å². The minimum absolute atomic E-state index is 0.0306. The molecule has 0 bridgehead atoms. The molecule has 9 heteroatoms. The fourth-order valence-electron chi connectivity index (χ4n) is 2.76. The lowest BCUT2D eigenvalue weighted by molar-refractivity contribution is -0.137. The zero-order chi connectivity index (χ0) is 19.3. The van der Waals surface area contributed by atoms with Crippen molar-refractivity contribution in [1.82, 2.24) is 0 Å². The average Bonchev–Trinajstić information content (AvgIpc) is 2.83. The molecule has 2 aromatic rings. The Labute approximate surface area is 155 Å². The van der Waals surface area contributed by atoms with Crippen LogP contribution in [0.1, 0.15) is 27.9 Å². The lowest BCUT2D eigenvalue weighted by Gasteiger charge is -2.21. The highest BCUT2D eigenvalue weighted by Gasteiger charge is 2.49. The zero-order valence-corrected chi connectivity index (χ0v) is 14.3. The zero-order valence-electron chi connectivity index (χ0n) is 12.8.